The number of aliphatic hydroxyl groups is 1. The van der Waals surface area contributed by atoms with Crippen LogP contribution >= 0.6 is 23.2 Å². The number of hydrogen-bond acceptors (Lipinski definition) is 15. The van der Waals surface area contributed by atoms with Crippen molar-refractivity contribution in [3.05, 3.63) is 81.9 Å². The highest BCUT2D eigenvalue weighted by Gasteiger charge is 2.64. The summed E-state index contributed by atoms with van der Waals surface area (Å²) in [5.41, 5.74) is 4.09. The van der Waals surface area contributed by atoms with Gasteiger partial charge in [0.15, 0.2) is 5.72 Å². The van der Waals surface area contributed by atoms with Gasteiger partial charge in [-0.15, -0.1) is 0 Å². The molecular formula is C56H73Cl2N9O15. The molecule has 4 aliphatic heterocycles. The topological polar surface area (TPSA) is 328 Å². The molecule has 2 aromatic rings. The monoisotopic (exact) mass is 1180 g/mol. The summed E-state index contributed by atoms with van der Waals surface area (Å²) in [6.45, 7) is 9.02. The molecule has 2 aromatic carbocycles. The van der Waals surface area contributed by atoms with Crippen LogP contribution in [-0.4, -0.2) is 146 Å². The fraction of sp³-hybridized carbons (Fsp3) is 0.518. The van der Waals surface area contributed by atoms with Crippen molar-refractivity contribution in [2.45, 2.75) is 140 Å². The molecule has 446 valence electrons. The molecule has 6 rings (SSSR count). The minimum Gasteiger partial charge on any atom is -0.495 e. The zero-order valence-electron chi connectivity index (χ0n) is 47.1. The number of carbonyl (C=O) groups excluding carboxylic acids is 9. The van der Waals surface area contributed by atoms with Gasteiger partial charge in [-0.2, -0.15) is 0 Å². The first kappa shape index (κ1) is 63.9. The standard InChI is InChI=1S/C56H73Cl2N9O15/c1-30(2)48(64-43(68)17-10-9-11-23-67-44(69)20-21-45(67)70)51(73)63-37(15-13-22-60-52(59)74)50(72)62-36-19-18-34(27-35(36)57)61-53(75)81-42-28-46(71)66(6)38-25-33(26-39(78-7)47(38)58)24-31(3)14-12-16-41(79-8)56(77)29-40(80-54(76)65-56)32(4)49-55(42,5)82-49/h12,14,16,18-21,25-27,30,32,37,40-42,48-49,77H,9-11,13,15,17,22-24,28-29H2,1-8H3,(H,61,75)(H,62,72)(H,63,73)(H,64,68)(H,65,76)(H3,59,60,74)/b16-12+,31-14+/t32-,37+,40+,41-,42+,48+,49+,55+,56+/m1/s1. The number of primary amides is 1. The van der Waals surface area contributed by atoms with E-state index < -0.39 is 108 Å². The second-order valence-corrected chi connectivity index (χ2v) is 22.0. The van der Waals surface area contributed by atoms with Gasteiger partial charge in [0.1, 0.15) is 46.8 Å². The molecule has 4 bridgehead atoms. The van der Waals surface area contributed by atoms with Gasteiger partial charge >= 0.3 is 18.2 Å². The number of rotatable bonds is 20. The molecule has 9 N–H and O–H groups in total. The Morgan fingerprint density at radius 3 is 2.34 bits per heavy atom. The van der Waals surface area contributed by atoms with E-state index in [9.17, 15) is 48.3 Å². The zero-order valence-corrected chi connectivity index (χ0v) is 48.6. The van der Waals surface area contributed by atoms with Gasteiger partial charge in [0.25, 0.3) is 11.8 Å². The number of halogens is 2. The van der Waals surface area contributed by atoms with Crippen molar-refractivity contribution in [1.82, 2.24) is 26.2 Å². The third-order valence-electron chi connectivity index (χ3n) is 14.7. The van der Waals surface area contributed by atoms with E-state index in [2.05, 4.69) is 31.9 Å². The summed E-state index contributed by atoms with van der Waals surface area (Å²) >= 11 is 13.5. The molecule has 10 amide bonds. The second kappa shape index (κ2) is 28.2. The number of imide groups is 1. The average molecular weight is 1180 g/mol. The van der Waals surface area contributed by atoms with E-state index in [1.54, 1.807) is 52.0 Å². The lowest BCUT2D eigenvalue weighted by atomic mass is 9.83. The van der Waals surface area contributed by atoms with Crippen LogP contribution in [0.15, 0.2) is 66.3 Å². The Balaban J connectivity index is 1.16. The minimum atomic E-state index is -1.91. The average Bonchev–Trinajstić information content (AvgIpc) is 2.70. The Bertz CT molecular complexity index is 2850. The molecule has 0 saturated carbocycles. The van der Waals surface area contributed by atoms with E-state index in [0.717, 1.165) is 16.0 Å². The normalized spacial score (nSPS) is 25.3. The van der Waals surface area contributed by atoms with E-state index in [-0.39, 0.29) is 72.0 Å². The molecule has 0 unspecified atom stereocenters. The molecule has 24 nitrogen and oxygen atoms in total. The number of hydrogen-bond donors (Lipinski definition) is 8. The van der Waals surface area contributed by atoms with Gasteiger partial charge in [0.2, 0.25) is 23.6 Å². The van der Waals surface area contributed by atoms with Crippen LogP contribution in [0.4, 0.5) is 31.4 Å². The number of alkyl carbamates (subject to hydrolysis) is 1. The number of nitrogens with one attached hydrogen (secondary N) is 6. The molecule has 26 heteroatoms. The van der Waals surface area contributed by atoms with Crippen LogP contribution < -0.4 is 47.3 Å². The van der Waals surface area contributed by atoms with Gasteiger partial charge < -0.3 is 60.7 Å². The maximum absolute atomic E-state index is 14.4. The highest BCUT2D eigenvalue weighted by atomic mass is 35.5. The van der Waals surface area contributed by atoms with Crippen molar-refractivity contribution in [3.63, 3.8) is 0 Å². The van der Waals surface area contributed by atoms with Crippen LogP contribution in [0, 0.1) is 11.8 Å². The number of nitrogens with two attached hydrogens (primary N) is 1. The van der Waals surface area contributed by atoms with Crippen LogP contribution in [0.1, 0.15) is 91.5 Å². The lowest BCUT2D eigenvalue weighted by molar-refractivity contribution is -0.142. The number of fused-ring (bicyclic) bond motifs is 5. The number of urea groups is 1. The van der Waals surface area contributed by atoms with E-state index >= 15 is 0 Å². The smallest absolute Gasteiger partial charge is 0.412 e. The van der Waals surface area contributed by atoms with Crippen molar-refractivity contribution < 1.29 is 71.9 Å². The summed E-state index contributed by atoms with van der Waals surface area (Å²) in [4.78, 5) is 120. The number of methoxy groups -OCH3 is 2. The summed E-state index contributed by atoms with van der Waals surface area (Å²) < 4.78 is 29.3. The Labute approximate surface area is 485 Å². The number of benzene rings is 2. The summed E-state index contributed by atoms with van der Waals surface area (Å²) in [5, 5.41) is 27.7. The van der Waals surface area contributed by atoms with Crippen molar-refractivity contribution in [2.24, 2.45) is 17.6 Å². The number of nitrogens with zero attached hydrogens (tertiary/aromatic N) is 2. The molecule has 0 spiro atoms. The number of epoxide rings is 1. The number of allylic oxidation sites excluding steroid dienone is 3. The van der Waals surface area contributed by atoms with Crippen LogP contribution in [0.3, 0.4) is 0 Å². The van der Waals surface area contributed by atoms with E-state index in [4.69, 9.17) is 52.6 Å². The van der Waals surface area contributed by atoms with Gasteiger partial charge in [-0.3, -0.25) is 44.3 Å². The van der Waals surface area contributed by atoms with Crippen molar-refractivity contribution in [3.8, 4) is 5.75 Å². The number of amides is 10. The second-order valence-electron chi connectivity index (χ2n) is 21.3. The fourth-order valence-electron chi connectivity index (χ4n) is 10.0. The van der Waals surface area contributed by atoms with Crippen molar-refractivity contribution in [2.75, 3.05) is 49.9 Å². The summed E-state index contributed by atoms with van der Waals surface area (Å²) in [5.74, 6) is -3.81. The number of carbonyl (C=O) groups is 9. The highest BCUT2D eigenvalue weighted by Crippen LogP contribution is 2.49. The highest BCUT2D eigenvalue weighted by molar-refractivity contribution is 6.35. The molecule has 4 aliphatic rings. The Morgan fingerprint density at radius 2 is 1.68 bits per heavy atom. The molecule has 9 atom stereocenters. The van der Waals surface area contributed by atoms with Gasteiger partial charge in [-0.25, -0.2) is 14.4 Å². The lowest BCUT2D eigenvalue weighted by Crippen LogP contribution is -2.63. The molecule has 2 saturated heterocycles. The Morgan fingerprint density at radius 1 is 0.963 bits per heavy atom. The van der Waals surface area contributed by atoms with Gasteiger partial charge in [0, 0.05) is 63.8 Å². The summed E-state index contributed by atoms with van der Waals surface area (Å²) in [6.07, 6.45) is 3.17. The van der Waals surface area contributed by atoms with Gasteiger partial charge in [0.05, 0.1) is 36.0 Å². The van der Waals surface area contributed by atoms with Gasteiger partial charge in [-0.05, 0) is 87.8 Å². The maximum atomic E-state index is 14.4. The Hall–Kier alpha value is -7.25. The maximum Gasteiger partial charge on any atom is 0.412 e. The summed E-state index contributed by atoms with van der Waals surface area (Å²) in [7, 11) is 4.37. The third-order valence-corrected chi connectivity index (χ3v) is 15.4. The van der Waals surface area contributed by atoms with Crippen molar-refractivity contribution >= 4 is 93.9 Å². The molecule has 0 radical (unpaired) electrons. The molecule has 82 heavy (non-hydrogen) atoms. The fourth-order valence-corrected chi connectivity index (χ4v) is 10.5. The molecule has 0 aliphatic carbocycles. The van der Waals surface area contributed by atoms with Crippen LogP contribution in [-0.2, 0) is 54.1 Å². The zero-order chi connectivity index (χ0) is 60.2. The third kappa shape index (κ3) is 16.5. The lowest BCUT2D eigenvalue weighted by Gasteiger charge is -2.42. The number of unbranched alkanes of at least 4 members (excludes halogenated alkanes) is 2. The molecule has 4 heterocycles. The molecule has 0 aromatic heterocycles. The van der Waals surface area contributed by atoms with E-state index in [0.29, 0.717) is 37.1 Å². The van der Waals surface area contributed by atoms with E-state index in [1.165, 1.54) is 56.5 Å². The number of ether oxygens (including phenoxy) is 5. The van der Waals surface area contributed by atoms with Crippen molar-refractivity contribution in [1.29, 1.82) is 0 Å². The quantitative estimate of drug-likeness (QED) is 0.0459. The number of anilines is 3. The first-order valence-electron chi connectivity index (χ1n) is 26.9. The molecular weight excluding hydrogens is 1110 g/mol. The van der Waals surface area contributed by atoms with Crippen LogP contribution in [0.2, 0.25) is 10.0 Å². The molecule has 2 fully saturated rings. The first-order chi connectivity index (χ1) is 38.8. The van der Waals surface area contributed by atoms with E-state index in [1.807, 2.05) is 13.0 Å². The van der Waals surface area contributed by atoms with Crippen LogP contribution in [0.5, 0.6) is 5.75 Å². The SMILES string of the molecule is COc1cc2cc(c1Cl)N(C)C(=O)C[C@H](OC(=O)Nc1ccc(NC(=O)[C@H](CCCNC(N)=O)NC(=O)[C@@H](NC(=O)CCCCCN3C(=O)C=CC3=O)C(C)C)c(Cl)c1)[C@]1(C)O[C@H]1[C@H](C)[C@@H]1C[C@@](O)(NC(=O)O1)[C@H](OC)/C=C/C=C(\C)C2. The Kier molecular flexibility index (Phi) is 21.9. The predicted octanol–water partition coefficient (Wildman–Crippen LogP) is 5.52. The minimum absolute atomic E-state index is 0.0149. The largest absolute Gasteiger partial charge is 0.495 e. The van der Waals surface area contributed by atoms with Crippen LogP contribution in [0.25, 0.3) is 0 Å². The predicted molar refractivity (Wildman–Crippen MR) is 303 cm³/mol. The van der Waals surface area contributed by atoms with Gasteiger partial charge in [-0.1, -0.05) is 74.2 Å². The first-order valence-corrected chi connectivity index (χ1v) is 27.7. The summed E-state index contributed by atoms with van der Waals surface area (Å²) in [6, 6.07) is 4.59.